The van der Waals surface area contributed by atoms with Crippen LogP contribution >= 0.6 is 11.3 Å². The number of methoxy groups -OCH3 is 1. The lowest BCUT2D eigenvalue weighted by Crippen LogP contribution is -2.18. The van der Waals surface area contributed by atoms with Crippen molar-refractivity contribution in [3.63, 3.8) is 0 Å². The molecule has 0 amide bonds. The predicted molar refractivity (Wildman–Crippen MR) is 69.4 cm³/mol. The summed E-state index contributed by atoms with van der Waals surface area (Å²) in [6.45, 7) is 0.712. The summed E-state index contributed by atoms with van der Waals surface area (Å²) in [5.41, 5.74) is 9.10. The van der Waals surface area contributed by atoms with Crippen molar-refractivity contribution >= 4 is 22.8 Å². The van der Waals surface area contributed by atoms with Crippen LogP contribution in [0.4, 0.5) is 11.5 Å². The third-order valence-corrected chi connectivity index (χ3v) is 2.98. The van der Waals surface area contributed by atoms with Crippen molar-refractivity contribution in [1.82, 2.24) is 9.97 Å². The zero-order valence-electron chi connectivity index (χ0n) is 9.75. The van der Waals surface area contributed by atoms with Gasteiger partial charge in [0.1, 0.15) is 5.82 Å². The minimum Gasteiger partial charge on any atom is -0.479 e. The van der Waals surface area contributed by atoms with Gasteiger partial charge in [0.15, 0.2) is 0 Å². The molecule has 0 radical (unpaired) electrons. The van der Waals surface area contributed by atoms with Gasteiger partial charge in [-0.2, -0.15) is 4.98 Å². The SMILES string of the molecule is COc1nc(N(C)Cc2cscn2)ccc1N. The molecule has 0 aliphatic rings. The van der Waals surface area contributed by atoms with Crippen LogP contribution in [0.3, 0.4) is 0 Å². The molecule has 90 valence electrons. The maximum atomic E-state index is 5.72. The lowest BCUT2D eigenvalue weighted by molar-refractivity contribution is 0.400. The molecule has 2 aromatic rings. The molecule has 0 aliphatic heterocycles. The van der Waals surface area contributed by atoms with Crippen molar-refractivity contribution in [3.8, 4) is 5.88 Å². The molecule has 17 heavy (non-hydrogen) atoms. The molecular weight excluding hydrogens is 236 g/mol. The number of nitrogens with two attached hydrogens (primary N) is 1. The van der Waals surface area contributed by atoms with Gasteiger partial charge in [0, 0.05) is 12.4 Å². The fraction of sp³-hybridized carbons (Fsp3) is 0.273. The minimum atomic E-state index is 0.452. The highest BCUT2D eigenvalue weighted by Gasteiger charge is 2.08. The molecule has 0 aromatic carbocycles. The zero-order valence-corrected chi connectivity index (χ0v) is 10.6. The number of pyridine rings is 1. The molecule has 2 N–H and O–H groups in total. The molecule has 0 saturated carbocycles. The van der Waals surface area contributed by atoms with Crippen LogP contribution in [0.1, 0.15) is 5.69 Å². The van der Waals surface area contributed by atoms with Crippen LogP contribution in [0.15, 0.2) is 23.0 Å². The van der Waals surface area contributed by atoms with E-state index >= 15 is 0 Å². The Morgan fingerprint density at radius 3 is 2.94 bits per heavy atom. The Hall–Kier alpha value is -1.82. The molecule has 0 fully saturated rings. The highest BCUT2D eigenvalue weighted by atomic mass is 32.1. The Morgan fingerprint density at radius 1 is 1.47 bits per heavy atom. The monoisotopic (exact) mass is 250 g/mol. The van der Waals surface area contributed by atoms with Crippen LogP contribution in [-0.2, 0) is 6.54 Å². The number of hydrogen-bond acceptors (Lipinski definition) is 6. The highest BCUT2D eigenvalue weighted by Crippen LogP contribution is 2.22. The Bertz CT molecular complexity index is 486. The second-order valence-electron chi connectivity index (χ2n) is 3.60. The van der Waals surface area contributed by atoms with Gasteiger partial charge < -0.3 is 15.4 Å². The van der Waals surface area contributed by atoms with Gasteiger partial charge in [0.2, 0.25) is 5.88 Å². The topological polar surface area (TPSA) is 64.3 Å². The zero-order chi connectivity index (χ0) is 12.3. The van der Waals surface area contributed by atoms with Gasteiger partial charge in [0.05, 0.1) is 30.5 Å². The maximum absolute atomic E-state index is 5.72. The largest absolute Gasteiger partial charge is 0.479 e. The molecule has 5 nitrogen and oxygen atoms in total. The molecule has 2 heterocycles. The number of hydrogen-bond donors (Lipinski definition) is 1. The molecule has 0 saturated heterocycles. The van der Waals surface area contributed by atoms with E-state index in [1.165, 1.54) is 0 Å². The van der Waals surface area contributed by atoms with Crippen LogP contribution in [0.25, 0.3) is 0 Å². The molecule has 0 aliphatic carbocycles. The molecule has 2 rings (SSSR count). The number of thiazole rings is 1. The average Bonchev–Trinajstić information content (AvgIpc) is 2.82. The Morgan fingerprint density at radius 2 is 2.29 bits per heavy atom. The van der Waals surface area contributed by atoms with Crippen molar-refractivity contribution in [3.05, 3.63) is 28.7 Å². The summed E-state index contributed by atoms with van der Waals surface area (Å²) >= 11 is 1.58. The summed E-state index contributed by atoms with van der Waals surface area (Å²) in [6.07, 6.45) is 0. The normalized spacial score (nSPS) is 10.2. The summed E-state index contributed by atoms with van der Waals surface area (Å²) < 4.78 is 5.09. The fourth-order valence-corrected chi connectivity index (χ4v) is 2.01. The second kappa shape index (κ2) is 5.01. The molecule has 0 spiro atoms. The molecular formula is C11H14N4OS. The summed E-state index contributed by atoms with van der Waals surface area (Å²) in [7, 11) is 3.51. The molecule has 0 atom stereocenters. The summed E-state index contributed by atoms with van der Waals surface area (Å²) in [5.74, 6) is 1.26. The number of nitrogens with zero attached hydrogens (tertiary/aromatic N) is 3. The van der Waals surface area contributed by atoms with Gasteiger partial charge in [-0.1, -0.05) is 0 Å². The van der Waals surface area contributed by atoms with Crippen molar-refractivity contribution in [1.29, 1.82) is 0 Å². The van der Waals surface area contributed by atoms with E-state index in [1.54, 1.807) is 24.5 Å². The number of aromatic nitrogens is 2. The first-order valence-electron chi connectivity index (χ1n) is 5.09. The van der Waals surface area contributed by atoms with Crippen LogP contribution < -0.4 is 15.4 Å². The van der Waals surface area contributed by atoms with E-state index < -0.39 is 0 Å². The third-order valence-electron chi connectivity index (χ3n) is 2.34. The first kappa shape index (κ1) is 11.7. The number of rotatable bonds is 4. The summed E-state index contributed by atoms with van der Waals surface area (Å²) in [4.78, 5) is 10.6. The molecule has 2 aromatic heterocycles. The van der Waals surface area contributed by atoms with E-state index in [4.69, 9.17) is 10.5 Å². The van der Waals surface area contributed by atoms with Gasteiger partial charge in [0.25, 0.3) is 0 Å². The van der Waals surface area contributed by atoms with Gasteiger partial charge >= 0.3 is 0 Å². The number of ether oxygens (including phenoxy) is 1. The number of anilines is 2. The van der Waals surface area contributed by atoms with Crippen LogP contribution in [0.2, 0.25) is 0 Å². The van der Waals surface area contributed by atoms with E-state index in [1.807, 2.05) is 28.9 Å². The van der Waals surface area contributed by atoms with Crippen molar-refractivity contribution in [2.75, 3.05) is 24.8 Å². The summed E-state index contributed by atoms with van der Waals surface area (Å²) in [6, 6.07) is 3.66. The quantitative estimate of drug-likeness (QED) is 0.895. The van der Waals surface area contributed by atoms with Gasteiger partial charge in [-0.05, 0) is 12.1 Å². The highest BCUT2D eigenvalue weighted by molar-refractivity contribution is 7.07. The van der Waals surface area contributed by atoms with E-state index in [0.717, 1.165) is 11.5 Å². The Kier molecular flexibility index (Phi) is 3.43. The van der Waals surface area contributed by atoms with E-state index in [-0.39, 0.29) is 0 Å². The average molecular weight is 250 g/mol. The fourth-order valence-electron chi connectivity index (χ4n) is 1.46. The third kappa shape index (κ3) is 2.65. The molecule has 0 unspecified atom stereocenters. The van der Waals surface area contributed by atoms with Crippen molar-refractivity contribution in [2.24, 2.45) is 0 Å². The molecule has 0 bridgehead atoms. The van der Waals surface area contributed by atoms with E-state index in [0.29, 0.717) is 18.1 Å². The standard InChI is InChI=1S/C11H14N4OS/c1-15(5-8-6-17-7-13-8)10-4-3-9(12)11(14-10)16-2/h3-4,6-7H,5,12H2,1-2H3. The Labute approximate surface area is 104 Å². The number of nitrogen functional groups attached to an aromatic ring is 1. The molecule has 6 heteroatoms. The smallest absolute Gasteiger partial charge is 0.238 e. The Balaban J connectivity index is 2.16. The second-order valence-corrected chi connectivity index (χ2v) is 4.32. The van der Waals surface area contributed by atoms with Crippen molar-refractivity contribution in [2.45, 2.75) is 6.54 Å². The van der Waals surface area contributed by atoms with Crippen molar-refractivity contribution < 1.29 is 4.74 Å². The lowest BCUT2D eigenvalue weighted by Gasteiger charge is -2.17. The van der Waals surface area contributed by atoms with Gasteiger partial charge in [-0.15, -0.1) is 11.3 Å². The first-order chi connectivity index (χ1) is 8.20. The van der Waals surface area contributed by atoms with E-state index in [9.17, 15) is 0 Å². The van der Waals surface area contributed by atoms with Gasteiger partial charge in [-0.25, -0.2) is 4.98 Å². The van der Waals surface area contributed by atoms with Crippen LogP contribution in [0.5, 0.6) is 5.88 Å². The predicted octanol–water partition coefficient (Wildman–Crippen LogP) is 1.77. The first-order valence-corrected chi connectivity index (χ1v) is 6.03. The lowest BCUT2D eigenvalue weighted by atomic mass is 10.3. The summed E-state index contributed by atoms with van der Waals surface area (Å²) in [5, 5.41) is 2.02. The van der Waals surface area contributed by atoms with Crippen LogP contribution in [0, 0.1) is 0 Å². The maximum Gasteiger partial charge on any atom is 0.238 e. The van der Waals surface area contributed by atoms with Crippen LogP contribution in [-0.4, -0.2) is 24.1 Å². The van der Waals surface area contributed by atoms with E-state index in [2.05, 4.69) is 9.97 Å². The minimum absolute atomic E-state index is 0.452. The van der Waals surface area contributed by atoms with Gasteiger partial charge in [-0.3, -0.25) is 0 Å².